The van der Waals surface area contributed by atoms with Gasteiger partial charge >= 0.3 is 0 Å². The van der Waals surface area contributed by atoms with E-state index >= 15 is 0 Å². The van der Waals surface area contributed by atoms with E-state index < -0.39 is 0 Å². The molecule has 1 aromatic rings. The lowest BCUT2D eigenvalue weighted by molar-refractivity contribution is 0.284. The molecule has 0 bridgehead atoms. The summed E-state index contributed by atoms with van der Waals surface area (Å²) in [6.07, 6.45) is 2.73. The van der Waals surface area contributed by atoms with Crippen molar-refractivity contribution in [1.29, 1.82) is 0 Å². The molecule has 2 heteroatoms. The molecule has 1 saturated heterocycles. The van der Waals surface area contributed by atoms with Crippen LogP contribution in [-0.4, -0.2) is 30.6 Å². The molecule has 1 aliphatic rings. The lowest BCUT2D eigenvalue weighted by atomic mass is 10.1. The van der Waals surface area contributed by atoms with E-state index in [-0.39, 0.29) is 0 Å². The largest absolute Gasteiger partial charge is 0.307 e. The Morgan fingerprint density at radius 2 is 1.76 bits per heavy atom. The van der Waals surface area contributed by atoms with E-state index in [1.54, 1.807) is 0 Å². The van der Waals surface area contributed by atoms with Crippen molar-refractivity contribution in [2.24, 2.45) is 0 Å². The predicted octanol–water partition coefficient (Wildman–Crippen LogP) is 2.82. The summed E-state index contributed by atoms with van der Waals surface area (Å²) in [6, 6.07) is 11.8. The maximum atomic E-state index is 3.68. The second-order valence-corrected chi connectivity index (χ2v) is 5.29. The van der Waals surface area contributed by atoms with Gasteiger partial charge in [0.05, 0.1) is 0 Å². The minimum atomic E-state index is 0.467. The Balaban J connectivity index is 2.02. The second-order valence-electron chi connectivity index (χ2n) is 5.29. The lowest BCUT2D eigenvalue weighted by Gasteiger charge is -2.26. The minimum absolute atomic E-state index is 0.467. The van der Waals surface area contributed by atoms with Crippen molar-refractivity contribution in [3.8, 4) is 0 Å². The second kappa shape index (κ2) is 6.18. The van der Waals surface area contributed by atoms with Crippen LogP contribution < -0.4 is 5.32 Å². The first-order chi connectivity index (χ1) is 8.25. The van der Waals surface area contributed by atoms with Crippen LogP contribution in [0, 0.1) is 0 Å². The van der Waals surface area contributed by atoms with Gasteiger partial charge in [0.15, 0.2) is 0 Å². The summed E-state index contributed by atoms with van der Waals surface area (Å²) in [5.74, 6) is 0. The van der Waals surface area contributed by atoms with E-state index in [2.05, 4.69) is 54.4 Å². The first-order valence-electron chi connectivity index (χ1n) is 6.79. The summed E-state index contributed by atoms with van der Waals surface area (Å²) in [5, 5.41) is 3.68. The van der Waals surface area contributed by atoms with Crippen LogP contribution >= 0.6 is 0 Å². The fraction of sp³-hybridized carbons (Fsp3) is 0.600. The quantitative estimate of drug-likeness (QED) is 0.840. The fourth-order valence-electron chi connectivity index (χ4n) is 2.57. The van der Waals surface area contributed by atoms with Crippen LogP contribution in [0.2, 0.25) is 0 Å². The molecule has 94 valence electrons. The first kappa shape index (κ1) is 12.6. The van der Waals surface area contributed by atoms with Crippen LogP contribution in [0.5, 0.6) is 0 Å². The van der Waals surface area contributed by atoms with Crippen LogP contribution in [0.3, 0.4) is 0 Å². The van der Waals surface area contributed by atoms with E-state index in [1.165, 1.54) is 31.5 Å². The Labute approximate surface area is 105 Å². The number of benzene rings is 1. The molecule has 0 aliphatic carbocycles. The van der Waals surface area contributed by atoms with Gasteiger partial charge in [-0.1, -0.05) is 44.2 Å². The van der Waals surface area contributed by atoms with Crippen molar-refractivity contribution in [3.05, 3.63) is 35.9 Å². The van der Waals surface area contributed by atoms with Crippen LogP contribution in [0.1, 0.15) is 38.3 Å². The minimum Gasteiger partial charge on any atom is -0.307 e. The zero-order chi connectivity index (χ0) is 12.1. The highest BCUT2D eigenvalue weighted by Gasteiger charge is 2.19. The Morgan fingerprint density at radius 1 is 1.12 bits per heavy atom. The van der Waals surface area contributed by atoms with Gasteiger partial charge in [-0.05, 0) is 31.5 Å². The van der Waals surface area contributed by atoms with E-state index in [9.17, 15) is 0 Å². The van der Waals surface area contributed by atoms with Crippen molar-refractivity contribution >= 4 is 0 Å². The summed E-state index contributed by atoms with van der Waals surface area (Å²) in [4.78, 5) is 2.58. The third-order valence-corrected chi connectivity index (χ3v) is 3.38. The molecule has 0 amide bonds. The number of nitrogens with zero attached hydrogens (tertiary/aromatic N) is 1. The molecule has 0 saturated carbocycles. The first-order valence-corrected chi connectivity index (χ1v) is 6.79. The molecular weight excluding hydrogens is 208 g/mol. The summed E-state index contributed by atoms with van der Waals surface area (Å²) in [5.41, 5.74) is 1.41. The van der Waals surface area contributed by atoms with Crippen LogP contribution in [-0.2, 0) is 0 Å². The van der Waals surface area contributed by atoms with E-state index in [1.807, 2.05) is 0 Å². The fourth-order valence-corrected chi connectivity index (χ4v) is 2.57. The molecule has 2 nitrogen and oxygen atoms in total. The van der Waals surface area contributed by atoms with Crippen molar-refractivity contribution in [1.82, 2.24) is 10.2 Å². The van der Waals surface area contributed by atoms with E-state index in [0.717, 1.165) is 6.54 Å². The van der Waals surface area contributed by atoms with Crippen molar-refractivity contribution in [3.63, 3.8) is 0 Å². The van der Waals surface area contributed by atoms with Crippen LogP contribution in [0.4, 0.5) is 0 Å². The third-order valence-electron chi connectivity index (χ3n) is 3.38. The maximum absolute atomic E-state index is 3.68. The molecule has 0 spiro atoms. The van der Waals surface area contributed by atoms with Gasteiger partial charge in [0.1, 0.15) is 0 Å². The van der Waals surface area contributed by atoms with E-state index in [0.29, 0.717) is 12.1 Å². The summed E-state index contributed by atoms with van der Waals surface area (Å²) in [6.45, 7) is 8.12. The van der Waals surface area contributed by atoms with Gasteiger partial charge in [0.25, 0.3) is 0 Å². The number of hydrogen-bond acceptors (Lipinski definition) is 2. The third kappa shape index (κ3) is 3.83. The van der Waals surface area contributed by atoms with Gasteiger partial charge in [0, 0.05) is 18.6 Å². The highest BCUT2D eigenvalue weighted by molar-refractivity contribution is 5.19. The van der Waals surface area contributed by atoms with Gasteiger partial charge in [-0.15, -0.1) is 0 Å². The smallest absolute Gasteiger partial charge is 0.0451 e. The normalized spacial score (nSPS) is 18.8. The molecule has 17 heavy (non-hydrogen) atoms. The molecule has 1 aliphatic heterocycles. The molecular formula is C15H24N2. The molecule has 0 radical (unpaired) electrons. The number of likely N-dealkylation sites (tertiary alicyclic amines) is 1. The Hall–Kier alpha value is -0.860. The molecule has 1 N–H and O–H groups in total. The average molecular weight is 232 g/mol. The Kier molecular flexibility index (Phi) is 4.57. The van der Waals surface area contributed by atoms with Crippen LogP contribution in [0.15, 0.2) is 30.3 Å². The van der Waals surface area contributed by atoms with Crippen LogP contribution in [0.25, 0.3) is 0 Å². The Bertz CT molecular complexity index is 315. The lowest BCUT2D eigenvalue weighted by Crippen LogP contribution is -2.36. The summed E-state index contributed by atoms with van der Waals surface area (Å²) in [7, 11) is 0. The SMILES string of the molecule is CC(C)NC(CN1CCCC1)c1ccccc1. The zero-order valence-corrected chi connectivity index (χ0v) is 11.0. The Morgan fingerprint density at radius 3 is 2.35 bits per heavy atom. The highest BCUT2D eigenvalue weighted by Crippen LogP contribution is 2.18. The highest BCUT2D eigenvalue weighted by atomic mass is 15.2. The van der Waals surface area contributed by atoms with Gasteiger partial charge < -0.3 is 10.2 Å². The molecule has 2 rings (SSSR count). The zero-order valence-electron chi connectivity index (χ0n) is 11.0. The maximum Gasteiger partial charge on any atom is 0.0451 e. The van der Waals surface area contributed by atoms with E-state index in [4.69, 9.17) is 0 Å². The molecule has 1 fully saturated rings. The number of hydrogen-bond donors (Lipinski definition) is 1. The van der Waals surface area contributed by atoms with Gasteiger partial charge in [0.2, 0.25) is 0 Å². The summed E-state index contributed by atoms with van der Waals surface area (Å²) < 4.78 is 0. The monoisotopic (exact) mass is 232 g/mol. The van der Waals surface area contributed by atoms with Gasteiger partial charge in [-0.25, -0.2) is 0 Å². The standard InChI is InChI=1S/C15H24N2/c1-13(2)16-15(12-17-10-6-7-11-17)14-8-4-3-5-9-14/h3-5,8-9,13,15-16H,6-7,10-12H2,1-2H3. The summed E-state index contributed by atoms with van der Waals surface area (Å²) >= 11 is 0. The molecule has 1 atom stereocenters. The van der Waals surface area contributed by atoms with Crippen molar-refractivity contribution < 1.29 is 0 Å². The number of rotatable bonds is 5. The molecule has 1 heterocycles. The van der Waals surface area contributed by atoms with Gasteiger partial charge in [-0.2, -0.15) is 0 Å². The molecule has 1 unspecified atom stereocenters. The number of nitrogens with one attached hydrogen (secondary N) is 1. The average Bonchev–Trinajstić information content (AvgIpc) is 2.82. The predicted molar refractivity (Wildman–Crippen MR) is 73.1 cm³/mol. The van der Waals surface area contributed by atoms with Crippen molar-refractivity contribution in [2.75, 3.05) is 19.6 Å². The molecule has 1 aromatic carbocycles. The van der Waals surface area contributed by atoms with Gasteiger partial charge in [-0.3, -0.25) is 0 Å². The van der Waals surface area contributed by atoms with Crippen molar-refractivity contribution in [2.45, 2.75) is 38.8 Å². The molecule has 0 aromatic heterocycles. The topological polar surface area (TPSA) is 15.3 Å².